The summed E-state index contributed by atoms with van der Waals surface area (Å²) in [6.45, 7) is 5.89. The fraction of sp³-hybridized carbons (Fsp3) is 1.00. The lowest BCUT2D eigenvalue weighted by Crippen LogP contribution is -2.46. The zero-order valence-electron chi connectivity index (χ0n) is 12.2. The molecule has 0 aromatic carbocycles. The molecule has 0 spiro atoms. The first-order valence-corrected chi connectivity index (χ1v) is 7.48. The summed E-state index contributed by atoms with van der Waals surface area (Å²) in [5, 5.41) is 0. The van der Waals surface area contributed by atoms with E-state index in [1.807, 2.05) is 7.11 Å². The molecule has 1 aliphatic carbocycles. The largest absolute Gasteiger partial charge is 0.385 e. The zero-order valence-corrected chi connectivity index (χ0v) is 12.2. The monoisotopic (exact) mass is 255 g/mol. The normalized spacial score (nSPS) is 37.5. The second-order valence-electron chi connectivity index (χ2n) is 6.21. The summed E-state index contributed by atoms with van der Waals surface area (Å²) < 4.78 is 10.6. The minimum atomic E-state index is 0.546. The number of rotatable bonds is 6. The third-order valence-electron chi connectivity index (χ3n) is 4.87. The molecule has 2 aliphatic rings. The van der Waals surface area contributed by atoms with Crippen LogP contribution in [0.1, 0.15) is 39.0 Å². The van der Waals surface area contributed by atoms with Gasteiger partial charge >= 0.3 is 0 Å². The first kappa shape index (κ1) is 14.3. The highest BCUT2D eigenvalue weighted by atomic mass is 16.5. The van der Waals surface area contributed by atoms with Gasteiger partial charge < -0.3 is 14.4 Å². The molecule has 0 N–H and O–H groups in total. The molecule has 0 aromatic heterocycles. The van der Waals surface area contributed by atoms with E-state index in [4.69, 9.17) is 9.47 Å². The maximum Gasteiger partial charge on any atom is 0.0577 e. The highest BCUT2D eigenvalue weighted by Crippen LogP contribution is 2.33. The standard InChI is InChI=1S/C15H29NO2/c1-12-8-13(5-7-17-2)4-6-16(12)11-14-9-15(10-14)18-3/h12-15H,4-11H2,1-3H3/t12-,13+,14?,15?/m1/s1. The minimum absolute atomic E-state index is 0.546. The van der Waals surface area contributed by atoms with E-state index < -0.39 is 0 Å². The average molecular weight is 255 g/mol. The van der Waals surface area contributed by atoms with Crippen molar-refractivity contribution in [2.45, 2.75) is 51.2 Å². The maximum atomic E-state index is 5.36. The predicted octanol–water partition coefficient (Wildman–Crippen LogP) is 2.55. The van der Waals surface area contributed by atoms with Crippen LogP contribution in [-0.2, 0) is 9.47 Å². The summed E-state index contributed by atoms with van der Waals surface area (Å²) in [7, 11) is 3.65. The molecule has 0 amide bonds. The van der Waals surface area contributed by atoms with Crippen LogP contribution >= 0.6 is 0 Å². The number of piperidine rings is 1. The van der Waals surface area contributed by atoms with Crippen molar-refractivity contribution in [3.8, 4) is 0 Å². The van der Waals surface area contributed by atoms with Crippen LogP contribution in [0.15, 0.2) is 0 Å². The number of nitrogens with zero attached hydrogens (tertiary/aromatic N) is 1. The van der Waals surface area contributed by atoms with Gasteiger partial charge in [0.05, 0.1) is 6.10 Å². The van der Waals surface area contributed by atoms with Crippen molar-refractivity contribution in [1.82, 2.24) is 4.90 Å². The van der Waals surface area contributed by atoms with Crippen LogP contribution in [0, 0.1) is 11.8 Å². The summed E-state index contributed by atoms with van der Waals surface area (Å²) in [4.78, 5) is 2.69. The molecule has 0 bridgehead atoms. The number of methoxy groups -OCH3 is 2. The Morgan fingerprint density at radius 2 is 1.89 bits per heavy atom. The van der Waals surface area contributed by atoms with Crippen LogP contribution in [0.25, 0.3) is 0 Å². The number of hydrogen-bond acceptors (Lipinski definition) is 3. The number of hydrogen-bond donors (Lipinski definition) is 0. The summed E-state index contributed by atoms with van der Waals surface area (Å²) in [5.41, 5.74) is 0. The summed E-state index contributed by atoms with van der Waals surface area (Å²) >= 11 is 0. The molecule has 1 aliphatic heterocycles. The Balaban J connectivity index is 1.66. The molecule has 3 heteroatoms. The van der Waals surface area contributed by atoms with Gasteiger partial charge in [0.2, 0.25) is 0 Å². The molecule has 2 atom stereocenters. The highest BCUT2D eigenvalue weighted by Gasteiger charge is 2.33. The third kappa shape index (κ3) is 3.69. The molecule has 18 heavy (non-hydrogen) atoms. The molecular formula is C15H29NO2. The van der Waals surface area contributed by atoms with Gasteiger partial charge in [0.1, 0.15) is 0 Å². The first-order valence-electron chi connectivity index (χ1n) is 7.48. The van der Waals surface area contributed by atoms with E-state index in [0.717, 1.165) is 24.5 Å². The average Bonchev–Trinajstić information content (AvgIpc) is 2.32. The smallest absolute Gasteiger partial charge is 0.0577 e. The van der Waals surface area contributed by atoms with Gasteiger partial charge in [-0.15, -0.1) is 0 Å². The Morgan fingerprint density at radius 1 is 1.11 bits per heavy atom. The van der Waals surface area contributed by atoms with E-state index in [0.29, 0.717) is 6.10 Å². The van der Waals surface area contributed by atoms with Gasteiger partial charge in [0.15, 0.2) is 0 Å². The quantitative estimate of drug-likeness (QED) is 0.728. The van der Waals surface area contributed by atoms with Crippen LogP contribution in [0.5, 0.6) is 0 Å². The van der Waals surface area contributed by atoms with Crippen molar-refractivity contribution in [2.75, 3.05) is 33.9 Å². The minimum Gasteiger partial charge on any atom is -0.385 e. The molecule has 106 valence electrons. The number of likely N-dealkylation sites (tertiary alicyclic amines) is 1. The Hall–Kier alpha value is -0.120. The van der Waals surface area contributed by atoms with Crippen LogP contribution in [0.4, 0.5) is 0 Å². The van der Waals surface area contributed by atoms with Gasteiger partial charge in [-0.3, -0.25) is 0 Å². The van der Waals surface area contributed by atoms with E-state index in [-0.39, 0.29) is 0 Å². The third-order valence-corrected chi connectivity index (χ3v) is 4.87. The van der Waals surface area contributed by atoms with Gasteiger partial charge in [0.25, 0.3) is 0 Å². The molecule has 1 saturated carbocycles. The van der Waals surface area contributed by atoms with Crippen molar-refractivity contribution < 1.29 is 9.47 Å². The molecular weight excluding hydrogens is 226 g/mol. The first-order chi connectivity index (χ1) is 8.72. The molecule has 2 rings (SSSR count). The van der Waals surface area contributed by atoms with E-state index >= 15 is 0 Å². The molecule has 0 unspecified atom stereocenters. The van der Waals surface area contributed by atoms with Crippen molar-refractivity contribution in [2.24, 2.45) is 11.8 Å². The van der Waals surface area contributed by atoms with Crippen molar-refractivity contribution in [3.63, 3.8) is 0 Å². The second kappa shape index (κ2) is 6.88. The predicted molar refractivity (Wildman–Crippen MR) is 73.8 cm³/mol. The van der Waals surface area contributed by atoms with E-state index in [9.17, 15) is 0 Å². The van der Waals surface area contributed by atoms with Crippen LogP contribution in [-0.4, -0.2) is 51.0 Å². The zero-order chi connectivity index (χ0) is 13.0. The fourth-order valence-corrected chi connectivity index (χ4v) is 3.48. The van der Waals surface area contributed by atoms with E-state index in [1.54, 1.807) is 7.11 Å². The van der Waals surface area contributed by atoms with Gasteiger partial charge in [-0.2, -0.15) is 0 Å². The van der Waals surface area contributed by atoms with Crippen molar-refractivity contribution in [1.29, 1.82) is 0 Å². The molecule has 1 heterocycles. The summed E-state index contributed by atoms with van der Waals surface area (Å²) in [6, 6.07) is 0.752. The van der Waals surface area contributed by atoms with Gasteiger partial charge in [-0.05, 0) is 57.4 Å². The molecule has 1 saturated heterocycles. The van der Waals surface area contributed by atoms with Crippen LogP contribution in [0.3, 0.4) is 0 Å². The lowest BCUT2D eigenvalue weighted by Gasteiger charge is -2.43. The van der Waals surface area contributed by atoms with E-state index in [1.165, 1.54) is 45.2 Å². The van der Waals surface area contributed by atoms with E-state index in [2.05, 4.69) is 11.8 Å². The summed E-state index contributed by atoms with van der Waals surface area (Å²) in [5.74, 6) is 1.76. The Labute approximate surface area is 112 Å². The Kier molecular flexibility index (Phi) is 5.46. The lowest BCUT2D eigenvalue weighted by molar-refractivity contribution is -0.0217. The van der Waals surface area contributed by atoms with Gasteiger partial charge in [-0.1, -0.05) is 0 Å². The molecule has 0 aromatic rings. The Morgan fingerprint density at radius 3 is 2.50 bits per heavy atom. The van der Waals surface area contributed by atoms with Crippen molar-refractivity contribution >= 4 is 0 Å². The van der Waals surface area contributed by atoms with Gasteiger partial charge in [-0.25, -0.2) is 0 Å². The summed E-state index contributed by atoms with van der Waals surface area (Å²) in [6.07, 6.45) is 7.03. The van der Waals surface area contributed by atoms with Crippen molar-refractivity contribution in [3.05, 3.63) is 0 Å². The second-order valence-corrected chi connectivity index (χ2v) is 6.21. The number of ether oxygens (including phenoxy) is 2. The SMILES string of the molecule is COCC[C@@H]1CCN(CC2CC(OC)C2)[C@H](C)C1. The molecule has 3 nitrogen and oxygen atoms in total. The van der Waals surface area contributed by atoms with Crippen LogP contribution < -0.4 is 0 Å². The maximum absolute atomic E-state index is 5.36. The topological polar surface area (TPSA) is 21.7 Å². The Bertz CT molecular complexity index is 241. The molecule has 2 fully saturated rings. The van der Waals surface area contributed by atoms with Gasteiger partial charge in [0, 0.05) is 33.4 Å². The lowest BCUT2D eigenvalue weighted by atomic mass is 9.80. The fourth-order valence-electron chi connectivity index (χ4n) is 3.48. The molecule has 0 radical (unpaired) electrons. The highest BCUT2D eigenvalue weighted by molar-refractivity contribution is 4.86. The van der Waals surface area contributed by atoms with Crippen LogP contribution in [0.2, 0.25) is 0 Å².